The maximum absolute atomic E-state index is 6.97. The highest BCUT2D eigenvalue weighted by Gasteiger charge is 2.58. The Labute approximate surface area is 205 Å². The Kier molecular flexibility index (Phi) is 6.70. The minimum atomic E-state index is -0.876. The summed E-state index contributed by atoms with van der Waals surface area (Å²) in [6.45, 7) is 6.38. The van der Waals surface area contributed by atoms with Crippen LogP contribution in [0.15, 0.2) is 121 Å². The summed E-state index contributed by atoms with van der Waals surface area (Å²) in [4.78, 5) is 0. The van der Waals surface area contributed by atoms with Crippen molar-refractivity contribution in [2.75, 3.05) is 0 Å². The standard InChI is InChI=1S/C30H30O2P2/c1-29(2)31-28(33(24-16-8-4-9-17-24)25-18-10-5-11-19-25)30(3,32-29)34(26-20-12-6-13-21-26)27-22-14-7-15-23-27/h4-23,28H,1-3H3. The lowest BCUT2D eigenvalue weighted by atomic mass is 10.3. The molecule has 0 aromatic heterocycles. The molecule has 0 bridgehead atoms. The Hall–Kier alpha value is -2.34. The average molecular weight is 485 g/mol. The van der Waals surface area contributed by atoms with Gasteiger partial charge in [-0.15, -0.1) is 0 Å². The molecule has 1 aliphatic heterocycles. The summed E-state index contributed by atoms with van der Waals surface area (Å²) >= 11 is 0. The summed E-state index contributed by atoms with van der Waals surface area (Å²) in [6, 6.07) is 43.3. The molecule has 1 saturated heterocycles. The average Bonchev–Trinajstić information content (AvgIpc) is 3.11. The van der Waals surface area contributed by atoms with Crippen LogP contribution in [0.4, 0.5) is 0 Å². The summed E-state index contributed by atoms with van der Waals surface area (Å²) in [5, 5.41) is 4.68. The predicted molar refractivity (Wildman–Crippen MR) is 147 cm³/mol. The lowest BCUT2D eigenvalue weighted by molar-refractivity contribution is -0.144. The Balaban J connectivity index is 1.71. The molecule has 2 unspecified atom stereocenters. The number of hydrogen-bond donors (Lipinski definition) is 0. The highest BCUT2D eigenvalue weighted by molar-refractivity contribution is 7.78. The molecule has 2 nitrogen and oxygen atoms in total. The van der Waals surface area contributed by atoms with E-state index in [1.165, 1.54) is 21.2 Å². The highest BCUT2D eigenvalue weighted by atomic mass is 31.1. The molecule has 5 rings (SSSR count). The third-order valence-electron chi connectivity index (χ3n) is 6.08. The second-order valence-electron chi connectivity index (χ2n) is 9.07. The van der Waals surface area contributed by atoms with Crippen LogP contribution < -0.4 is 21.2 Å². The zero-order valence-corrected chi connectivity index (χ0v) is 21.6. The molecule has 0 saturated carbocycles. The minimum absolute atomic E-state index is 0.117. The van der Waals surface area contributed by atoms with E-state index in [9.17, 15) is 0 Å². The molecule has 172 valence electrons. The summed E-state index contributed by atoms with van der Waals surface area (Å²) in [7, 11) is -1.72. The topological polar surface area (TPSA) is 18.5 Å². The summed E-state index contributed by atoms with van der Waals surface area (Å²) in [5.74, 6) is -0.804. The number of rotatable bonds is 6. The van der Waals surface area contributed by atoms with Gasteiger partial charge in [0.2, 0.25) is 0 Å². The van der Waals surface area contributed by atoms with E-state index in [1.807, 2.05) is 0 Å². The van der Waals surface area contributed by atoms with E-state index < -0.39 is 27.0 Å². The quantitative estimate of drug-likeness (QED) is 0.309. The van der Waals surface area contributed by atoms with Gasteiger partial charge in [0.15, 0.2) is 5.79 Å². The Morgan fingerprint density at radius 3 is 1.26 bits per heavy atom. The molecule has 0 amide bonds. The van der Waals surface area contributed by atoms with Crippen molar-refractivity contribution in [2.45, 2.75) is 37.7 Å². The van der Waals surface area contributed by atoms with Gasteiger partial charge in [0.05, 0.1) is 0 Å². The van der Waals surface area contributed by atoms with Crippen LogP contribution in [0.5, 0.6) is 0 Å². The van der Waals surface area contributed by atoms with Gasteiger partial charge in [0, 0.05) is 0 Å². The van der Waals surface area contributed by atoms with Gasteiger partial charge in [-0.1, -0.05) is 121 Å². The number of hydrogen-bond acceptors (Lipinski definition) is 2. The van der Waals surface area contributed by atoms with E-state index in [0.717, 1.165) is 0 Å². The van der Waals surface area contributed by atoms with Crippen molar-refractivity contribution < 1.29 is 9.47 Å². The van der Waals surface area contributed by atoms with Crippen LogP contribution in [0, 0.1) is 0 Å². The predicted octanol–water partition coefficient (Wildman–Crippen LogP) is 6.08. The van der Waals surface area contributed by atoms with Gasteiger partial charge in [-0.05, 0) is 57.8 Å². The second kappa shape index (κ2) is 9.73. The van der Waals surface area contributed by atoms with Crippen molar-refractivity contribution in [3.63, 3.8) is 0 Å². The molecular weight excluding hydrogens is 454 g/mol. The fourth-order valence-electron chi connectivity index (χ4n) is 4.81. The largest absolute Gasteiger partial charge is 0.339 e. The molecule has 4 heteroatoms. The van der Waals surface area contributed by atoms with Gasteiger partial charge >= 0.3 is 0 Å². The number of benzene rings is 4. The first-order chi connectivity index (χ1) is 16.5. The first kappa shape index (κ1) is 23.4. The molecular formula is C30H30O2P2. The van der Waals surface area contributed by atoms with Crippen LogP contribution in [0.2, 0.25) is 0 Å². The molecule has 1 fully saturated rings. The summed E-state index contributed by atoms with van der Waals surface area (Å²) in [5.41, 5.74) is 0. The maximum atomic E-state index is 6.97. The SMILES string of the molecule is CC1(C)OC(P(c2ccccc2)c2ccccc2)C(C)(P(c2ccccc2)c2ccccc2)O1. The second-order valence-corrected chi connectivity index (χ2v) is 13.9. The highest BCUT2D eigenvalue weighted by Crippen LogP contribution is 2.64. The van der Waals surface area contributed by atoms with E-state index in [1.54, 1.807) is 0 Å². The van der Waals surface area contributed by atoms with E-state index in [4.69, 9.17) is 9.47 Å². The van der Waals surface area contributed by atoms with Crippen molar-refractivity contribution in [1.29, 1.82) is 0 Å². The van der Waals surface area contributed by atoms with Crippen molar-refractivity contribution in [3.05, 3.63) is 121 Å². The van der Waals surface area contributed by atoms with Gasteiger partial charge in [0.1, 0.15) is 11.2 Å². The molecule has 0 aliphatic carbocycles. The third-order valence-corrected chi connectivity index (χ3v) is 11.9. The first-order valence-electron chi connectivity index (χ1n) is 11.7. The molecule has 34 heavy (non-hydrogen) atoms. The third kappa shape index (κ3) is 4.61. The number of ether oxygens (including phenoxy) is 2. The summed E-state index contributed by atoms with van der Waals surface area (Å²) < 4.78 is 13.8. The van der Waals surface area contributed by atoms with Crippen LogP contribution in [0.3, 0.4) is 0 Å². The Morgan fingerprint density at radius 1 is 0.529 bits per heavy atom. The smallest absolute Gasteiger partial charge is 0.165 e. The van der Waals surface area contributed by atoms with Crippen molar-refractivity contribution in [3.8, 4) is 0 Å². The normalized spacial score (nSPS) is 21.7. The van der Waals surface area contributed by atoms with Gasteiger partial charge in [-0.3, -0.25) is 0 Å². The zero-order chi connectivity index (χ0) is 23.6. The molecule has 0 radical (unpaired) electrons. The summed E-state index contributed by atoms with van der Waals surface area (Å²) in [6.07, 6.45) is 0. The Bertz CT molecular complexity index is 1120. The van der Waals surface area contributed by atoms with Crippen molar-refractivity contribution in [1.82, 2.24) is 0 Å². The van der Waals surface area contributed by atoms with Gasteiger partial charge in [0.25, 0.3) is 0 Å². The molecule has 2 atom stereocenters. The lowest BCUT2D eigenvalue weighted by Gasteiger charge is -2.41. The fraction of sp³-hybridized carbons (Fsp3) is 0.200. The minimum Gasteiger partial charge on any atom is -0.339 e. The van der Waals surface area contributed by atoms with Crippen molar-refractivity contribution >= 4 is 37.1 Å². The zero-order valence-electron chi connectivity index (χ0n) is 19.8. The van der Waals surface area contributed by atoms with E-state index in [0.29, 0.717) is 0 Å². The van der Waals surface area contributed by atoms with Crippen LogP contribution in [0.1, 0.15) is 20.8 Å². The van der Waals surface area contributed by atoms with Gasteiger partial charge in [-0.2, -0.15) is 0 Å². The lowest BCUT2D eigenvalue weighted by Crippen LogP contribution is -2.42. The van der Waals surface area contributed by atoms with Crippen LogP contribution in [-0.4, -0.2) is 17.0 Å². The van der Waals surface area contributed by atoms with Gasteiger partial charge < -0.3 is 9.47 Å². The van der Waals surface area contributed by atoms with Crippen LogP contribution in [-0.2, 0) is 9.47 Å². The van der Waals surface area contributed by atoms with Crippen LogP contribution >= 0.6 is 15.8 Å². The molecule has 4 aromatic rings. The molecule has 0 N–H and O–H groups in total. The van der Waals surface area contributed by atoms with E-state index >= 15 is 0 Å². The monoisotopic (exact) mass is 484 g/mol. The first-order valence-corrected chi connectivity index (χ1v) is 14.4. The van der Waals surface area contributed by atoms with Crippen molar-refractivity contribution in [2.24, 2.45) is 0 Å². The van der Waals surface area contributed by atoms with Crippen LogP contribution in [0.25, 0.3) is 0 Å². The maximum Gasteiger partial charge on any atom is 0.165 e. The molecule has 1 aliphatic rings. The fourth-order valence-corrected chi connectivity index (χ4v) is 11.1. The Morgan fingerprint density at radius 2 is 0.882 bits per heavy atom. The van der Waals surface area contributed by atoms with E-state index in [-0.39, 0.29) is 5.85 Å². The van der Waals surface area contributed by atoms with E-state index in [2.05, 4.69) is 142 Å². The van der Waals surface area contributed by atoms with Gasteiger partial charge in [-0.25, -0.2) is 0 Å². The molecule has 0 spiro atoms. The molecule has 1 heterocycles. The molecule has 4 aromatic carbocycles.